The molecule has 0 aliphatic rings. The van der Waals surface area contributed by atoms with E-state index in [1.165, 1.54) is 11.1 Å². The van der Waals surface area contributed by atoms with Crippen molar-refractivity contribution in [3.8, 4) is 5.75 Å². The Bertz CT molecular complexity index is 563. The molecule has 2 rings (SSSR count). The summed E-state index contributed by atoms with van der Waals surface area (Å²) in [5.74, 6) is 2.04. The largest absolute Gasteiger partial charge is 0.496 e. The van der Waals surface area contributed by atoms with E-state index in [-0.39, 0.29) is 6.04 Å². The van der Waals surface area contributed by atoms with Crippen molar-refractivity contribution in [2.75, 3.05) is 13.7 Å². The molecule has 0 radical (unpaired) electrons. The van der Waals surface area contributed by atoms with Crippen LogP contribution in [0.25, 0.3) is 0 Å². The maximum atomic E-state index is 5.46. The van der Waals surface area contributed by atoms with E-state index >= 15 is 0 Å². The Morgan fingerprint density at radius 1 is 1.40 bits per heavy atom. The summed E-state index contributed by atoms with van der Waals surface area (Å²) in [5.41, 5.74) is 2.41. The van der Waals surface area contributed by atoms with E-state index in [1.807, 2.05) is 19.4 Å². The van der Waals surface area contributed by atoms with E-state index in [9.17, 15) is 0 Å². The number of methoxy groups -OCH3 is 1. The smallest absolute Gasteiger partial charge is 0.123 e. The molecular formula is C16H23N3O. The molecule has 1 unspecified atom stereocenters. The van der Waals surface area contributed by atoms with Crippen LogP contribution in [-0.4, -0.2) is 23.2 Å². The van der Waals surface area contributed by atoms with Crippen LogP contribution in [0.15, 0.2) is 30.6 Å². The van der Waals surface area contributed by atoms with E-state index in [4.69, 9.17) is 4.74 Å². The Balaban J connectivity index is 1.95. The quantitative estimate of drug-likeness (QED) is 0.879. The molecule has 0 amide bonds. The van der Waals surface area contributed by atoms with Crippen LogP contribution in [0.5, 0.6) is 5.75 Å². The van der Waals surface area contributed by atoms with Crippen LogP contribution in [-0.2, 0) is 13.5 Å². The van der Waals surface area contributed by atoms with Gasteiger partial charge in [-0.15, -0.1) is 0 Å². The molecule has 0 saturated heterocycles. The Morgan fingerprint density at radius 2 is 2.20 bits per heavy atom. The molecule has 1 N–H and O–H groups in total. The predicted molar refractivity (Wildman–Crippen MR) is 81.1 cm³/mol. The predicted octanol–water partition coefficient (Wildman–Crippen LogP) is 2.63. The van der Waals surface area contributed by atoms with Gasteiger partial charge in [-0.2, -0.15) is 0 Å². The number of aromatic nitrogens is 2. The molecule has 1 atom stereocenters. The number of hydrogen-bond acceptors (Lipinski definition) is 3. The third-order valence-corrected chi connectivity index (χ3v) is 3.58. The number of nitrogens with one attached hydrogen (secondary N) is 1. The highest BCUT2D eigenvalue weighted by Crippen LogP contribution is 2.25. The van der Waals surface area contributed by atoms with Crippen LogP contribution in [0.4, 0.5) is 0 Å². The summed E-state index contributed by atoms with van der Waals surface area (Å²) in [5, 5.41) is 3.53. The first-order chi connectivity index (χ1) is 9.61. The summed E-state index contributed by atoms with van der Waals surface area (Å²) < 4.78 is 7.52. The second-order valence-electron chi connectivity index (χ2n) is 5.13. The molecule has 0 spiro atoms. The van der Waals surface area contributed by atoms with Crippen LogP contribution in [0.3, 0.4) is 0 Å². The summed E-state index contributed by atoms with van der Waals surface area (Å²) in [6, 6.07) is 6.58. The van der Waals surface area contributed by atoms with E-state index in [2.05, 4.69) is 46.9 Å². The number of imidazole rings is 1. The molecule has 4 heteroatoms. The molecule has 0 aliphatic heterocycles. The van der Waals surface area contributed by atoms with Crippen LogP contribution in [0.1, 0.15) is 29.9 Å². The normalized spacial score (nSPS) is 12.4. The Morgan fingerprint density at radius 3 is 2.85 bits per heavy atom. The van der Waals surface area contributed by atoms with Crippen molar-refractivity contribution in [2.24, 2.45) is 7.05 Å². The average Bonchev–Trinajstić information content (AvgIpc) is 2.84. The first-order valence-corrected chi connectivity index (χ1v) is 6.96. The van der Waals surface area contributed by atoms with Crippen LogP contribution in [0.2, 0.25) is 0 Å². The number of aryl methyl sites for hydroxylation is 2. The summed E-state index contributed by atoms with van der Waals surface area (Å²) in [4.78, 5) is 4.33. The minimum atomic E-state index is 0.255. The fourth-order valence-electron chi connectivity index (χ4n) is 2.32. The van der Waals surface area contributed by atoms with Crippen LogP contribution in [0, 0.1) is 6.92 Å². The van der Waals surface area contributed by atoms with Crippen molar-refractivity contribution in [1.29, 1.82) is 0 Å². The molecule has 20 heavy (non-hydrogen) atoms. The van der Waals surface area contributed by atoms with E-state index in [0.717, 1.165) is 24.5 Å². The van der Waals surface area contributed by atoms with Crippen molar-refractivity contribution in [3.05, 3.63) is 47.5 Å². The molecule has 0 aliphatic carbocycles. The summed E-state index contributed by atoms with van der Waals surface area (Å²) in [6.45, 7) is 5.13. The van der Waals surface area contributed by atoms with Crippen molar-refractivity contribution in [1.82, 2.24) is 14.9 Å². The zero-order chi connectivity index (χ0) is 14.5. The van der Waals surface area contributed by atoms with Crippen molar-refractivity contribution < 1.29 is 4.74 Å². The van der Waals surface area contributed by atoms with E-state index in [0.29, 0.717) is 0 Å². The highest BCUT2D eigenvalue weighted by Gasteiger charge is 2.11. The SMILES string of the molecule is COc1cc(C)ccc1C(C)NCCc1nccn1C. The van der Waals surface area contributed by atoms with Gasteiger partial charge >= 0.3 is 0 Å². The van der Waals surface area contributed by atoms with Crippen LogP contribution >= 0.6 is 0 Å². The number of benzene rings is 1. The Hall–Kier alpha value is -1.81. The fourth-order valence-corrected chi connectivity index (χ4v) is 2.32. The third-order valence-electron chi connectivity index (χ3n) is 3.58. The average molecular weight is 273 g/mol. The van der Waals surface area contributed by atoms with Gasteiger partial charge in [-0.3, -0.25) is 0 Å². The Labute approximate surface area is 120 Å². The zero-order valence-corrected chi connectivity index (χ0v) is 12.7. The molecule has 0 fully saturated rings. The standard InChI is InChI=1S/C16H23N3O/c1-12-5-6-14(15(11-12)20-4)13(2)17-8-7-16-18-9-10-19(16)3/h5-6,9-11,13,17H,7-8H2,1-4H3. The van der Waals surface area contributed by atoms with Crippen LogP contribution < -0.4 is 10.1 Å². The van der Waals surface area contributed by atoms with Gasteiger partial charge in [0, 0.05) is 44.0 Å². The summed E-state index contributed by atoms with van der Waals surface area (Å²) >= 11 is 0. The molecule has 1 aromatic heterocycles. The first kappa shape index (κ1) is 14.6. The molecule has 1 heterocycles. The van der Waals surface area contributed by atoms with Crippen molar-refractivity contribution >= 4 is 0 Å². The molecule has 0 bridgehead atoms. The zero-order valence-electron chi connectivity index (χ0n) is 12.7. The number of ether oxygens (including phenoxy) is 1. The molecule has 2 aromatic rings. The van der Waals surface area contributed by atoms with E-state index in [1.54, 1.807) is 7.11 Å². The van der Waals surface area contributed by atoms with Gasteiger partial charge in [-0.1, -0.05) is 12.1 Å². The van der Waals surface area contributed by atoms with E-state index < -0.39 is 0 Å². The first-order valence-electron chi connectivity index (χ1n) is 6.96. The van der Waals surface area contributed by atoms with Gasteiger partial charge in [0.05, 0.1) is 7.11 Å². The van der Waals surface area contributed by atoms with Gasteiger partial charge in [0.15, 0.2) is 0 Å². The number of rotatable bonds is 6. The highest BCUT2D eigenvalue weighted by molar-refractivity contribution is 5.39. The monoisotopic (exact) mass is 273 g/mol. The molecule has 1 aromatic carbocycles. The topological polar surface area (TPSA) is 39.1 Å². The molecule has 4 nitrogen and oxygen atoms in total. The fraction of sp³-hybridized carbons (Fsp3) is 0.438. The lowest BCUT2D eigenvalue weighted by Crippen LogP contribution is -2.22. The van der Waals surface area contributed by atoms with Crippen molar-refractivity contribution in [3.63, 3.8) is 0 Å². The maximum Gasteiger partial charge on any atom is 0.123 e. The third kappa shape index (κ3) is 3.39. The lowest BCUT2D eigenvalue weighted by Gasteiger charge is -2.17. The minimum Gasteiger partial charge on any atom is -0.496 e. The number of nitrogens with zero attached hydrogens (tertiary/aromatic N) is 2. The summed E-state index contributed by atoms with van der Waals surface area (Å²) in [6.07, 6.45) is 4.73. The van der Waals surface area contributed by atoms with Gasteiger partial charge in [0.2, 0.25) is 0 Å². The lowest BCUT2D eigenvalue weighted by atomic mass is 10.0. The second kappa shape index (κ2) is 6.57. The van der Waals surface area contributed by atoms with Gasteiger partial charge in [-0.05, 0) is 25.5 Å². The van der Waals surface area contributed by atoms with Gasteiger partial charge in [0.25, 0.3) is 0 Å². The summed E-state index contributed by atoms with van der Waals surface area (Å²) in [7, 11) is 3.74. The van der Waals surface area contributed by atoms with Crippen molar-refractivity contribution in [2.45, 2.75) is 26.3 Å². The van der Waals surface area contributed by atoms with Gasteiger partial charge in [0.1, 0.15) is 11.6 Å². The second-order valence-corrected chi connectivity index (χ2v) is 5.13. The molecular weight excluding hydrogens is 250 g/mol. The Kier molecular flexibility index (Phi) is 4.79. The highest BCUT2D eigenvalue weighted by atomic mass is 16.5. The molecule has 108 valence electrons. The maximum absolute atomic E-state index is 5.46. The van der Waals surface area contributed by atoms with Gasteiger partial charge in [-0.25, -0.2) is 4.98 Å². The number of hydrogen-bond donors (Lipinski definition) is 1. The van der Waals surface area contributed by atoms with Gasteiger partial charge < -0.3 is 14.6 Å². The minimum absolute atomic E-state index is 0.255. The lowest BCUT2D eigenvalue weighted by molar-refractivity contribution is 0.401. The molecule has 0 saturated carbocycles.